The van der Waals surface area contributed by atoms with Crippen LogP contribution in [0.2, 0.25) is 5.02 Å². The highest BCUT2D eigenvalue weighted by Gasteiger charge is 2.46. The zero-order valence-electron chi connectivity index (χ0n) is 19.0. The van der Waals surface area contributed by atoms with E-state index in [1.54, 1.807) is 36.4 Å². The first-order valence-electron chi connectivity index (χ1n) is 10.9. The van der Waals surface area contributed by atoms with E-state index in [2.05, 4.69) is 0 Å². The van der Waals surface area contributed by atoms with E-state index in [1.165, 1.54) is 25.3 Å². The minimum Gasteiger partial charge on any atom is -0.503 e. The fraction of sp³-hybridized carbons (Fsp3) is 0.111. The molecule has 1 atom stereocenters. The van der Waals surface area contributed by atoms with E-state index in [4.69, 9.17) is 20.8 Å². The van der Waals surface area contributed by atoms with Crippen molar-refractivity contribution in [1.29, 1.82) is 0 Å². The third-order valence-corrected chi connectivity index (χ3v) is 6.25. The molecular weight excluding hydrogens is 511 g/mol. The van der Waals surface area contributed by atoms with Crippen LogP contribution < -0.4 is 9.64 Å². The molecule has 1 unspecified atom stereocenters. The van der Waals surface area contributed by atoms with E-state index in [1.807, 2.05) is 0 Å². The summed E-state index contributed by atoms with van der Waals surface area (Å²) in [5, 5.41) is 11.8. The number of carbonyl (C=O) groups is 2. The Kier molecular flexibility index (Phi) is 5.95. The van der Waals surface area contributed by atoms with Gasteiger partial charge >= 0.3 is 6.18 Å². The number of alkyl halides is 3. The number of furan rings is 1. The first-order chi connectivity index (χ1) is 17.6. The molecule has 3 aromatic carbocycles. The number of benzene rings is 3. The number of hydrogen-bond acceptors (Lipinski definition) is 5. The summed E-state index contributed by atoms with van der Waals surface area (Å²) in [6.07, 6.45) is -4.67. The summed E-state index contributed by atoms with van der Waals surface area (Å²) in [4.78, 5) is 27.9. The highest BCUT2D eigenvalue weighted by Crippen LogP contribution is 2.44. The van der Waals surface area contributed by atoms with Gasteiger partial charge in [-0.1, -0.05) is 29.8 Å². The highest BCUT2D eigenvalue weighted by molar-refractivity contribution is 6.31. The van der Waals surface area contributed by atoms with Gasteiger partial charge in [0.1, 0.15) is 11.3 Å². The van der Waals surface area contributed by atoms with Crippen LogP contribution in [0.3, 0.4) is 0 Å². The van der Waals surface area contributed by atoms with Gasteiger partial charge in [-0.2, -0.15) is 13.2 Å². The first-order valence-corrected chi connectivity index (χ1v) is 11.3. The van der Waals surface area contributed by atoms with Crippen LogP contribution in [0.4, 0.5) is 18.9 Å². The zero-order chi connectivity index (χ0) is 26.5. The molecule has 4 aromatic rings. The number of ketones is 1. The molecular formula is C27H17ClF3NO5. The Bertz CT molecular complexity index is 1590. The maximum absolute atomic E-state index is 13.7. The third kappa shape index (κ3) is 4.31. The molecule has 0 bridgehead atoms. The van der Waals surface area contributed by atoms with Gasteiger partial charge in [0.2, 0.25) is 5.78 Å². The molecule has 0 aliphatic carbocycles. The lowest BCUT2D eigenvalue weighted by molar-refractivity contribution is -0.137. The number of aliphatic hydroxyl groups is 1. The molecule has 6 nitrogen and oxygen atoms in total. The number of ether oxygens (including phenoxy) is 1. The predicted octanol–water partition coefficient (Wildman–Crippen LogP) is 6.90. The number of hydrogen-bond donors (Lipinski definition) is 1. The molecule has 1 aliphatic rings. The minimum absolute atomic E-state index is 0.154. The van der Waals surface area contributed by atoms with Crippen molar-refractivity contribution in [3.05, 3.63) is 106 Å². The van der Waals surface area contributed by atoms with Crippen LogP contribution in [0.25, 0.3) is 11.0 Å². The van der Waals surface area contributed by atoms with E-state index in [0.29, 0.717) is 27.3 Å². The Hall–Kier alpha value is -4.24. The van der Waals surface area contributed by atoms with Crippen LogP contribution in [-0.4, -0.2) is 23.9 Å². The van der Waals surface area contributed by atoms with Crippen LogP contribution in [-0.2, 0) is 11.0 Å². The third-order valence-electron chi connectivity index (χ3n) is 6.02. The van der Waals surface area contributed by atoms with Gasteiger partial charge in [-0.05, 0) is 60.2 Å². The van der Waals surface area contributed by atoms with Gasteiger partial charge in [0.05, 0.1) is 24.3 Å². The van der Waals surface area contributed by atoms with Crippen LogP contribution in [0.1, 0.15) is 27.7 Å². The summed E-state index contributed by atoms with van der Waals surface area (Å²) >= 11 is 6.02. The second-order valence-corrected chi connectivity index (χ2v) is 8.72. The molecule has 0 saturated carbocycles. The predicted molar refractivity (Wildman–Crippen MR) is 130 cm³/mol. The maximum Gasteiger partial charge on any atom is 0.416 e. The Balaban J connectivity index is 1.67. The molecule has 10 heteroatoms. The number of aliphatic hydroxyl groups excluding tert-OH is 1. The average Bonchev–Trinajstić information content (AvgIpc) is 3.41. The van der Waals surface area contributed by atoms with E-state index < -0.39 is 35.2 Å². The number of halogens is 4. The van der Waals surface area contributed by atoms with Crippen LogP contribution in [0, 0.1) is 0 Å². The van der Waals surface area contributed by atoms with Crippen molar-refractivity contribution in [2.75, 3.05) is 12.0 Å². The quantitative estimate of drug-likeness (QED) is 0.286. The number of fused-ring (bicyclic) bond motifs is 1. The van der Waals surface area contributed by atoms with Crippen LogP contribution in [0.5, 0.6) is 5.75 Å². The lowest BCUT2D eigenvalue weighted by atomic mass is 9.94. The van der Waals surface area contributed by atoms with Crippen molar-refractivity contribution in [2.24, 2.45) is 0 Å². The van der Waals surface area contributed by atoms with Crippen molar-refractivity contribution in [1.82, 2.24) is 0 Å². The van der Waals surface area contributed by atoms with Crippen molar-refractivity contribution < 1.29 is 37.0 Å². The summed E-state index contributed by atoms with van der Waals surface area (Å²) in [5.41, 5.74) is -0.809. The van der Waals surface area contributed by atoms with Crippen molar-refractivity contribution in [3.8, 4) is 5.75 Å². The molecule has 0 spiro atoms. The summed E-state index contributed by atoms with van der Waals surface area (Å²) in [6, 6.07) is 15.3. The SMILES string of the molecule is COc1cccc(C2C(C(=O)c3cc4cc(Cl)ccc4o3)=C(O)C(=O)N2c2cccc(C(F)(F)F)c2)c1. The molecule has 1 N–H and O–H groups in total. The lowest BCUT2D eigenvalue weighted by Gasteiger charge is -2.27. The fourth-order valence-corrected chi connectivity index (χ4v) is 4.50. The minimum atomic E-state index is -4.67. The van der Waals surface area contributed by atoms with Gasteiger partial charge < -0.3 is 14.3 Å². The normalized spacial score (nSPS) is 16.1. The lowest BCUT2D eigenvalue weighted by Crippen LogP contribution is -2.31. The number of nitrogens with zero attached hydrogens (tertiary/aromatic N) is 1. The largest absolute Gasteiger partial charge is 0.503 e. The maximum atomic E-state index is 13.7. The summed E-state index contributed by atoms with van der Waals surface area (Å²) < 4.78 is 51.3. The van der Waals surface area contributed by atoms with E-state index >= 15 is 0 Å². The number of amides is 1. The first kappa shape index (κ1) is 24.5. The van der Waals surface area contributed by atoms with Crippen LogP contribution in [0.15, 0.2) is 88.5 Å². The Morgan fingerprint density at radius 3 is 2.54 bits per heavy atom. The molecule has 5 rings (SSSR count). The molecule has 1 aliphatic heterocycles. The second-order valence-electron chi connectivity index (χ2n) is 8.29. The van der Waals surface area contributed by atoms with Gasteiger partial charge in [-0.15, -0.1) is 0 Å². The molecule has 0 radical (unpaired) electrons. The molecule has 0 saturated heterocycles. The number of methoxy groups -OCH3 is 1. The van der Waals surface area contributed by atoms with Gasteiger partial charge in [0.15, 0.2) is 11.5 Å². The molecule has 2 heterocycles. The smallest absolute Gasteiger partial charge is 0.416 e. The summed E-state index contributed by atoms with van der Waals surface area (Å²) in [6.45, 7) is 0. The van der Waals surface area contributed by atoms with Crippen LogP contribution >= 0.6 is 11.6 Å². The molecule has 1 aromatic heterocycles. The monoisotopic (exact) mass is 527 g/mol. The van der Waals surface area contributed by atoms with Gasteiger partial charge in [0, 0.05) is 16.1 Å². The summed E-state index contributed by atoms with van der Waals surface area (Å²) in [5.74, 6) is -2.53. The number of anilines is 1. The molecule has 37 heavy (non-hydrogen) atoms. The van der Waals surface area contributed by atoms with E-state index in [0.717, 1.165) is 23.1 Å². The fourth-order valence-electron chi connectivity index (χ4n) is 4.32. The second kappa shape index (κ2) is 9.01. The topological polar surface area (TPSA) is 80.0 Å². The van der Waals surface area contributed by atoms with Crippen molar-refractivity contribution in [3.63, 3.8) is 0 Å². The van der Waals surface area contributed by atoms with Gasteiger partial charge in [-0.25, -0.2) is 0 Å². The van der Waals surface area contributed by atoms with E-state index in [-0.39, 0.29) is 17.0 Å². The Morgan fingerprint density at radius 1 is 1.05 bits per heavy atom. The Morgan fingerprint density at radius 2 is 1.81 bits per heavy atom. The molecule has 188 valence electrons. The average molecular weight is 528 g/mol. The standard InChI is InChI=1S/C27H17ClF3NO5/c1-36-19-7-2-4-14(11-19)23-22(24(33)21-12-15-10-17(28)8-9-20(15)37-21)25(34)26(35)32(23)18-6-3-5-16(13-18)27(29,30)31/h2-13,23,34H,1H3. The zero-order valence-corrected chi connectivity index (χ0v) is 19.8. The van der Waals surface area contributed by atoms with Crippen molar-refractivity contribution >= 4 is 39.9 Å². The Labute approximate surface area is 213 Å². The summed E-state index contributed by atoms with van der Waals surface area (Å²) in [7, 11) is 1.42. The number of rotatable bonds is 5. The van der Waals surface area contributed by atoms with E-state index in [9.17, 15) is 27.9 Å². The van der Waals surface area contributed by atoms with Gasteiger partial charge in [0.25, 0.3) is 5.91 Å². The number of carbonyl (C=O) groups excluding carboxylic acids is 2. The molecule has 0 fully saturated rings. The molecule has 1 amide bonds. The van der Waals surface area contributed by atoms with Gasteiger partial charge in [-0.3, -0.25) is 14.5 Å². The van der Waals surface area contributed by atoms with Crippen molar-refractivity contribution in [2.45, 2.75) is 12.2 Å². The number of Topliss-reactive ketones (excluding diaryl/α,β-unsaturated/α-hetero) is 1. The highest BCUT2D eigenvalue weighted by atomic mass is 35.5.